The van der Waals surface area contributed by atoms with Gasteiger partial charge in [-0.3, -0.25) is 10.1 Å². The molecule has 0 aromatic carbocycles. The molecule has 92 valence electrons. The minimum atomic E-state index is -0.615. The van der Waals surface area contributed by atoms with E-state index in [1.54, 1.807) is 0 Å². The zero-order valence-electron chi connectivity index (χ0n) is 8.31. The molecule has 0 atom stereocenters. The molecule has 0 aromatic rings. The van der Waals surface area contributed by atoms with Crippen molar-refractivity contribution in [3.8, 4) is 0 Å². The van der Waals surface area contributed by atoms with Crippen LogP contribution in [0.1, 0.15) is 19.8 Å². The minimum Gasteiger partial charge on any atom is -0.258 e. The first-order valence-corrected chi connectivity index (χ1v) is 7.21. The molecule has 0 bridgehead atoms. The van der Waals surface area contributed by atoms with Crippen molar-refractivity contribution in [2.45, 2.75) is 19.8 Å². The van der Waals surface area contributed by atoms with Crippen LogP contribution in [0, 0.1) is 10.1 Å². The summed E-state index contributed by atoms with van der Waals surface area (Å²) < 4.78 is 0.0103. The van der Waals surface area contributed by atoms with Crippen LogP contribution in [-0.4, -0.2) is 10.7 Å². The second kappa shape index (κ2) is 8.64. The van der Waals surface area contributed by atoms with Gasteiger partial charge in [0.2, 0.25) is 0 Å². The Morgan fingerprint density at radius 2 is 2.00 bits per heavy atom. The van der Waals surface area contributed by atoms with E-state index in [0.717, 1.165) is 18.6 Å². The number of hydrogen-bond acceptors (Lipinski definition) is 3. The SMILES string of the molecule is CCCCS/C(Br)=C(/C(Cl)=C(Cl)Cl)[N+](=O)[O-]. The number of thioether (sulfide) groups is 1. The average Bonchev–Trinajstić information content (AvgIpc) is 2.17. The van der Waals surface area contributed by atoms with Crippen LogP contribution in [-0.2, 0) is 0 Å². The summed E-state index contributed by atoms with van der Waals surface area (Å²) in [5.74, 6) is 0.762. The summed E-state index contributed by atoms with van der Waals surface area (Å²) in [6.45, 7) is 2.04. The third-order valence-electron chi connectivity index (χ3n) is 1.47. The highest BCUT2D eigenvalue weighted by Gasteiger charge is 2.23. The Morgan fingerprint density at radius 1 is 1.44 bits per heavy atom. The molecule has 0 aromatic heterocycles. The lowest BCUT2D eigenvalue weighted by molar-refractivity contribution is -0.419. The molecule has 0 radical (unpaired) electrons. The molecule has 0 saturated heterocycles. The van der Waals surface area contributed by atoms with Crippen LogP contribution >= 0.6 is 62.5 Å². The van der Waals surface area contributed by atoms with E-state index in [9.17, 15) is 10.1 Å². The van der Waals surface area contributed by atoms with Crippen LogP contribution in [0.2, 0.25) is 0 Å². The first kappa shape index (κ1) is 16.6. The third-order valence-corrected chi connectivity index (χ3v) is 4.41. The van der Waals surface area contributed by atoms with Gasteiger partial charge in [-0.05, 0) is 28.1 Å². The lowest BCUT2D eigenvalue weighted by atomic mass is 10.4. The first-order valence-electron chi connectivity index (χ1n) is 4.29. The molecular weight excluding hydrogens is 360 g/mol. The van der Waals surface area contributed by atoms with Crippen molar-refractivity contribution in [3.63, 3.8) is 0 Å². The Bertz CT molecular complexity index is 329. The van der Waals surface area contributed by atoms with Crippen LogP contribution in [0.3, 0.4) is 0 Å². The maximum absolute atomic E-state index is 10.8. The Hall–Kier alpha value is 0.580. The first-order chi connectivity index (χ1) is 7.41. The van der Waals surface area contributed by atoms with Crippen molar-refractivity contribution in [3.05, 3.63) is 29.1 Å². The fourth-order valence-electron chi connectivity index (χ4n) is 0.702. The molecule has 0 N–H and O–H groups in total. The van der Waals surface area contributed by atoms with Gasteiger partial charge in [-0.2, -0.15) is 0 Å². The van der Waals surface area contributed by atoms with E-state index in [1.807, 2.05) is 6.92 Å². The quantitative estimate of drug-likeness (QED) is 0.278. The second-order valence-electron chi connectivity index (χ2n) is 2.66. The van der Waals surface area contributed by atoms with Crippen molar-refractivity contribution in [2.24, 2.45) is 0 Å². The third kappa shape index (κ3) is 5.77. The molecule has 8 heteroatoms. The highest BCUT2D eigenvalue weighted by Crippen LogP contribution is 2.35. The summed E-state index contributed by atoms with van der Waals surface area (Å²) >= 11 is 20.9. The van der Waals surface area contributed by atoms with Crippen molar-refractivity contribution < 1.29 is 4.92 Å². The monoisotopic (exact) mass is 367 g/mol. The Labute approximate surface area is 121 Å². The average molecular weight is 369 g/mol. The number of allylic oxidation sites excluding steroid dienone is 1. The Kier molecular flexibility index (Phi) is 8.95. The summed E-state index contributed by atoms with van der Waals surface area (Å²) in [4.78, 5) is 10.2. The van der Waals surface area contributed by atoms with Gasteiger partial charge >= 0.3 is 5.70 Å². The van der Waals surface area contributed by atoms with Gasteiger partial charge in [0.05, 0.1) is 4.92 Å². The van der Waals surface area contributed by atoms with Crippen molar-refractivity contribution in [2.75, 3.05) is 5.75 Å². The minimum absolute atomic E-state index is 0.260. The van der Waals surface area contributed by atoms with Gasteiger partial charge in [-0.25, -0.2) is 0 Å². The maximum Gasteiger partial charge on any atom is 0.310 e. The molecule has 0 saturated carbocycles. The summed E-state index contributed by atoms with van der Waals surface area (Å²) in [5, 5.41) is 10.5. The number of nitrogens with zero attached hydrogens (tertiary/aromatic N) is 1. The predicted molar refractivity (Wildman–Crippen MR) is 74.9 cm³/mol. The largest absolute Gasteiger partial charge is 0.310 e. The van der Waals surface area contributed by atoms with Gasteiger partial charge in [0, 0.05) is 0 Å². The topological polar surface area (TPSA) is 43.1 Å². The normalized spacial score (nSPS) is 12.1. The standard InChI is InChI=1S/C8H9BrCl3NO2S/c1-2-3-4-16-7(9)6(13(14)15)5(10)8(11)12/h2-4H2,1H3/b7-6-. The zero-order valence-corrected chi connectivity index (χ0v) is 13.0. The summed E-state index contributed by atoms with van der Waals surface area (Å²) in [6, 6.07) is 0. The second-order valence-corrected chi connectivity index (χ2v) is 6.41. The van der Waals surface area contributed by atoms with Gasteiger partial charge in [-0.1, -0.05) is 48.1 Å². The van der Waals surface area contributed by atoms with E-state index < -0.39 is 4.92 Å². The van der Waals surface area contributed by atoms with Crippen LogP contribution in [0.4, 0.5) is 0 Å². The van der Waals surface area contributed by atoms with Crippen LogP contribution in [0.25, 0.3) is 0 Å². The molecule has 0 aliphatic rings. The highest BCUT2D eigenvalue weighted by molar-refractivity contribution is 9.14. The van der Waals surface area contributed by atoms with Crippen LogP contribution < -0.4 is 0 Å². The molecule has 0 fully saturated rings. The molecule has 0 rings (SSSR count). The lowest BCUT2D eigenvalue weighted by Gasteiger charge is -2.02. The van der Waals surface area contributed by atoms with Gasteiger partial charge in [0.1, 0.15) is 8.31 Å². The van der Waals surface area contributed by atoms with E-state index in [-0.39, 0.29) is 15.2 Å². The van der Waals surface area contributed by atoms with E-state index >= 15 is 0 Å². The number of halogens is 4. The van der Waals surface area contributed by atoms with Gasteiger partial charge in [-0.15, -0.1) is 11.8 Å². The maximum atomic E-state index is 10.8. The van der Waals surface area contributed by atoms with Crippen LogP contribution in [0.5, 0.6) is 0 Å². The number of rotatable bonds is 6. The molecule has 0 heterocycles. The molecule has 0 aliphatic carbocycles. The van der Waals surface area contributed by atoms with E-state index in [2.05, 4.69) is 15.9 Å². The molecule has 3 nitrogen and oxygen atoms in total. The molecule has 0 amide bonds. The summed E-state index contributed by atoms with van der Waals surface area (Å²) in [7, 11) is 0. The van der Waals surface area contributed by atoms with Crippen molar-refractivity contribution >= 4 is 62.5 Å². The van der Waals surface area contributed by atoms with Gasteiger partial charge in [0.15, 0.2) is 5.03 Å². The Morgan fingerprint density at radius 3 is 2.38 bits per heavy atom. The molecule has 0 aliphatic heterocycles. The van der Waals surface area contributed by atoms with Crippen molar-refractivity contribution in [1.82, 2.24) is 0 Å². The number of hydrogen-bond donors (Lipinski definition) is 0. The zero-order chi connectivity index (χ0) is 12.7. The van der Waals surface area contributed by atoms with E-state index in [4.69, 9.17) is 34.8 Å². The molecule has 16 heavy (non-hydrogen) atoms. The predicted octanol–water partition coefficient (Wildman–Crippen LogP) is 5.25. The number of unbranched alkanes of at least 4 members (excludes halogenated alkanes) is 1. The smallest absolute Gasteiger partial charge is 0.258 e. The summed E-state index contributed by atoms with van der Waals surface area (Å²) in [5.41, 5.74) is -0.303. The summed E-state index contributed by atoms with van der Waals surface area (Å²) in [6.07, 6.45) is 1.97. The number of nitro groups is 1. The fourth-order valence-corrected chi connectivity index (χ4v) is 2.97. The van der Waals surface area contributed by atoms with Gasteiger partial charge < -0.3 is 0 Å². The Balaban J connectivity index is 4.95. The lowest BCUT2D eigenvalue weighted by Crippen LogP contribution is -2.01. The van der Waals surface area contributed by atoms with E-state index in [1.165, 1.54) is 11.8 Å². The van der Waals surface area contributed by atoms with Gasteiger partial charge in [0.25, 0.3) is 0 Å². The molecule has 0 unspecified atom stereocenters. The van der Waals surface area contributed by atoms with E-state index in [0.29, 0.717) is 3.81 Å². The highest BCUT2D eigenvalue weighted by atomic mass is 79.9. The molecule has 0 spiro atoms. The van der Waals surface area contributed by atoms with Crippen LogP contribution in [0.15, 0.2) is 19.0 Å². The molecular formula is C8H9BrCl3NO2S. The van der Waals surface area contributed by atoms with Crippen molar-refractivity contribution in [1.29, 1.82) is 0 Å². The fraction of sp³-hybridized carbons (Fsp3) is 0.500.